The minimum absolute atomic E-state index is 0.0383. The Morgan fingerprint density at radius 3 is 2.44 bits per heavy atom. The lowest BCUT2D eigenvalue weighted by Crippen LogP contribution is -2.04. The van der Waals surface area contributed by atoms with Crippen molar-refractivity contribution in [2.45, 2.75) is 6.92 Å². The van der Waals surface area contributed by atoms with Gasteiger partial charge in [0, 0.05) is 17.5 Å². The van der Waals surface area contributed by atoms with Crippen molar-refractivity contribution in [3.8, 4) is 5.75 Å². The highest BCUT2D eigenvalue weighted by atomic mass is 19.1. The van der Waals surface area contributed by atoms with Crippen LogP contribution in [0.2, 0.25) is 0 Å². The van der Waals surface area contributed by atoms with Crippen molar-refractivity contribution < 1.29 is 14.6 Å². The lowest BCUT2D eigenvalue weighted by atomic mass is 9.85. The molecule has 3 heteroatoms. The van der Waals surface area contributed by atoms with E-state index >= 15 is 0 Å². The van der Waals surface area contributed by atoms with E-state index in [-0.39, 0.29) is 17.4 Å². The summed E-state index contributed by atoms with van der Waals surface area (Å²) < 4.78 is 14.5. The molecule has 0 bridgehead atoms. The van der Waals surface area contributed by atoms with E-state index in [1.165, 1.54) is 6.07 Å². The van der Waals surface area contributed by atoms with Crippen molar-refractivity contribution in [1.82, 2.24) is 0 Å². The number of allylic oxidation sites excluding steroid dienone is 7. The zero-order valence-corrected chi connectivity index (χ0v) is 13.7. The lowest BCUT2D eigenvalue weighted by molar-refractivity contribution is 0.424. The quantitative estimate of drug-likeness (QED) is 0.773. The largest absolute Gasteiger partial charge is 0.508 e. The van der Waals surface area contributed by atoms with Crippen LogP contribution in [0.15, 0.2) is 83.7 Å². The highest BCUT2D eigenvalue weighted by molar-refractivity contribution is 6.09. The van der Waals surface area contributed by atoms with Gasteiger partial charge in [-0.05, 0) is 58.2 Å². The minimum atomic E-state index is -0.468. The standard InChI is InChI=1S/C22H17FO2/c1-13-9-16(25)10-19-18(13)12-20(17-8-7-15(24)11-21(17)23)22(19)14-5-3-2-4-6-14/h2-13,24-25H,1H3. The summed E-state index contributed by atoms with van der Waals surface area (Å²) in [5.41, 5.74) is 5.03. The molecule has 0 fully saturated rings. The van der Waals surface area contributed by atoms with Crippen LogP contribution >= 0.6 is 0 Å². The molecule has 2 N–H and O–H groups in total. The molecule has 4 rings (SSSR count). The van der Waals surface area contributed by atoms with Gasteiger partial charge in [0.1, 0.15) is 17.3 Å². The van der Waals surface area contributed by atoms with Gasteiger partial charge in [-0.15, -0.1) is 0 Å². The number of phenols is 1. The third-order valence-electron chi connectivity index (χ3n) is 4.66. The van der Waals surface area contributed by atoms with Crippen molar-refractivity contribution >= 4 is 11.1 Å². The molecule has 0 aliphatic heterocycles. The second kappa shape index (κ2) is 5.78. The summed E-state index contributed by atoms with van der Waals surface area (Å²) in [6, 6.07) is 14.0. The number of fused-ring (bicyclic) bond motifs is 1. The maximum atomic E-state index is 14.5. The van der Waals surface area contributed by atoms with Crippen LogP contribution in [0.25, 0.3) is 11.1 Å². The van der Waals surface area contributed by atoms with Gasteiger partial charge in [-0.3, -0.25) is 0 Å². The third kappa shape index (κ3) is 2.58. The summed E-state index contributed by atoms with van der Waals surface area (Å²) in [6.07, 6.45) is 5.50. The van der Waals surface area contributed by atoms with Gasteiger partial charge < -0.3 is 10.2 Å². The Hall–Kier alpha value is -3.07. The Morgan fingerprint density at radius 2 is 1.72 bits per heavy atom. The predicted octanol–water partition coefficient (Wildman–Crippen LogP) is 5.40. The second-order valence-corrected chi connectivity index (χ2v) is 6.36. The summed E-state index contributed by atoms with van der Waals surface area (Å²) in [5, 5.41) is 19.6. The number of halogens is 1. The van der Waals surface area contributed by atoms with E-state index in [0.29, 0.717) is 5.56 Å². The molecule has 1 atom stereocenters. The molecule has 0 saturated heterocycles. The molecule has 0 heterocycles. The molecule has 2 aliphatic rings. The SMILES string of the molecule is CC1C=C(O)C=C2C1=CC(c1ccc(O)cc1F)=C2c1ccccc1. The average molecular weight is 332 g/mol. The van der Waals surface area contributed by atoms with Gasteiger partial charge in [0.15, 0.2) is 0 Å². The monoisotopic (exact) mass is 332 g/mol. The number of benzene rings is 2. The summed E-state index contributed by atoms with van der Waals surface area (Å²) in [7, 11) is 0. The molecule has 0 radical (unpaired) electrons. The van der Waals surface area contributed by atoms with Crippen molar-refractivity contribution in [2.24, 2.45) is 5.92 Å². The van der Waals surface area contributed by atoms with E-state index in [1.807, 2.05) is 43.3 Å². The van der Waals surface area contributed by atoms with Crippen LogP contribution in [-0.4, -0.2) is 10.2 Å². The molecule has 2 aliphatic carbocycles. The van der Waals surface area contributed by atoms with E-state index in [2.05, 4.69) is 0 Å². The Morgan fingerprint density at radius 1 is 0.960 bits per heavy atom. The molecule has 0 saturated carbocycles. The van der Waals surface area contributed by atoms with E-state index < -0.39 is 5.82 Å². The summed E-state index contributed by atoms with van der Waals surface area (Å²) >= 11 is 0. The molecule has 2 aromatic carbocycles. The van der Waals surface area contributed by atoms with Crippen molar-refractivity contribution in [1.29, 1.82) is 0 Å². The third-order valence-corrected chi connectivity index (χ3v) is 4.66. The zero-order valence-electron chi connectivity index (χ0n) is 13.7. The fourth-order valence-electron chi connectivity index (χ4n) is 3.52. The second-order valence-electron chi connectivity index (χ2n) is 6.36. The number of rotatable bonds is 2. The molecule has 2 nitrogen and oxygen atoms in total. The Labute approximate surface area is 145 Å². The maximum Gasteiger partial charge on any atom is 0.134 e. The van der Waals surface area contributed by atoms with Gasteiger partial charge in [-0.2, -0.15) is 0 Å². The molecule has 124 valence electrons. The molecule has 25 heavy (non-hydrogen) atoms. The van der Waals surface area contributed by atoms with Crippen molar-refractivity contribution in [3.05, 3.63) is 101 Å². The summed E-state index contributed by atoms with van der Waals surface area (Å²) in [6.45, 7) is 2.01. The number of aliphatic hydroxyl groups is 1. The van der Waals surface area contributed by atoms with Crippen LogP contribution in [0.4, 0.5) is 4.39 Å². The van der Waals surface area contributed by atoms with Crippen LogP contribution in [0.5, 0.6) is 5.75 Å². The Balaban J connectivity index is 1.99. The van der Waals surface area contributed by atoms with Crippen LogP contribution in [0, 0.1) is 11.7 Å². The van der Waals surface area contributed by atoms with Gasteiger partial charge in [-0.25, -0.2) is 4.39 Å². The molecule has 0 aromatic heterocycles. The predicted molar refractivity (Wildman–Crippen MR) is 97.4 cm³/mol. The first-order valence-electron chi connectivity index (χ1n) is 8.18. The summed E-state index contributed by atoms with van der Waals surface area (Å²) in [5.74, 6) is -0.306. The van der Waals surface area contributed by atoms with E-state index in [4.69, 9.17) is 0 Å². The fourth-order valence-corrected chi connectivity index (χ4v) is 3.52. The molecular formula is C22H17FO2. The zero-order chi connectivity index (χ0) is 17.6. The first-order valence-corrected chi connectivity index (χ1v) is 8.18. The normalized spacial score (nSPS) is 19.3. The lowest BCUT2D eigenvalue weighted by Gasteiger charge is -2.19. The number of hydrogen-bond donors (Lipinski definition) is 2. The van der Waals surface area contributed by atoms with Crippen LogP contribution in [0.3, 0.4) is 0 Å². The molecule has 0 spiro atoms. The van der Waals surface area contributed by atoms with Crippen LogP contribution in [0.1, 0.15) is 18.1 Å². The highest BCUT2D eigenvalue weighted by Gasteiger charge is 2.30. The number of aliphatic hydroxyl groups excluding tert-OH is 1. The van der Waals surface area contributed by atoms with E-state index in [1.54, 1.807) is 18.2 Å². The molecule has 0 amide bonds. The maximum absolute atomic E-state index is 14.5. The minimum Gasteiger partial charge on any atom is -0.508 e. The van der Waals surface area contributed by atoms with Gasteiger partial charge >= 0.3 is 0 Å². The van der Waals surface area contributed by atoms with Gasteiger partial charge in [0.25, 0.3) is 0 Å². The molecule has 2 aromatic rings. The van der Waals surface area contributed by atoms with Crippen LogP contribution < -0.4 is 0 Å². The summed E-state index contributed by atoms with van der Waals surface area (Å²) in [4.78, 5) is 0. The molecule has 1 unspecified atom stereocenters. The average Bonchev–Trinajstić information content (AvgIpc) is 2.95. The Kier molecular flexibility index (Phi) is 3.57. The van der Waals surface area contributed by atoms with Crippen molar-refractivity contribution in [2.75, 3.05) is 0 Å². The van der Waals surface area contributed by atoms with Gasteiger partial charge in [0.05, 0.1) is 0 Å². The number of hydrogen-bond acceptors (Lipinski definition) is 2. The van der Waals surface area contributed by atoms with Crippen LogP contribution in [-0.2, 0) is 0 Å². The Bertz CT molecular complexity index is 978. The molecular weight excluding hydrogens is 315 g/mol. The first kappa shape index (κ1) is 15.5. The smallest absolute Gasteiger partial charge is 0.134 e. The van der Waals surface area contributed by atoms with Crippen molar-refractivity contribution in [3.63, 3.8) is 0 Å². The highest BCUT2D eigenvalue weighted by Crippen LogP contribution is 2.47. The first-order chi connectivity index (χ1) is 12.0. The fraction of sp³-hybridized carbons (Fsp3) is 0.0909. The van der Waals surface area contributed by atoms with E-state index in [0.717, 1.165) is 33.9 Å². The van der Waals surface area contributed by atoms with Gasteiger partial charge in [0.2, 0.25) is 0 Å². The number of aromatic hydroxyl groups is 1. The van der Waals surface area contributed by atoms with E-state index in [9.17, 15) is 14.6 Å². The number of phenolic OH excluding ortho intramolecular Hbond substituents is 1. The van der Waals surface area contributed by atoms with Gasteiger partial charge in [-0.1, -0.05) is 37.3 Å². The topological polar surface area (TPSA) is 40.5 Å².